The number of carboxylic acids is 1. The van der Waals surface area contributed by atoms with Crippen molar-refractivity contribution in [2.24, 2.45) is 5.92 Å². The first-order valence-electron chi connectivity index (χ1n) is 7.16. The summed E-state index contributed by atoms with van der Waals surface area (Å²) in [7, 11) is 0. The molecule has 0 saturated carbocycles. The number of nitrogens with one attached hydrogen (secondary N) is 1. The normalized spacial score (nSPS) is 13.4. The lowest BCUT2D eigenvalue weighted by molar-refractivity contribution is -0.137. The van der Waals surface area contributed by atoms with E-state index in [2.05, 4.69) is 43.4 Å². The van der Waals surface area contributed by atoms with E-state index in [0.29, 0.717) is 5.92 Å². The standard InChI is InChI=1S/C15H26N2O2S/c1-11(5-6-14(18)19)7-8-16-9-13-17-12(10-20-13)15(2,3)4/h10-11,16H,5-9H2,1-4H3,(H,18,19). The van der Waals surface area contributed by atoms with E-state index in [1.54, 1.807) is 11.3 Å². The summed E-state index contributed by atoms with van der Waals surface area (Å²) in [6, 6.07) is 0. The molecule has 0 aliphatic carbocycles. The Balaban J connectivity index is 2.21. The molecule has 0 spiro atoms. The molecule has 0 radical (unpaired) electrons. The average Bonchev–Trinajstić information content (AvgIpc) is 2.80. The molecule has 114 valence electrons. The highest BCUT2D eigenvalue weighted by molar-refractivity contribution is 7.09. The van der Waals surface area contributed by atoms with Crippen molar-refractivity contribution < 1.29 is 9.90 Å². The van der Waals surface area contributed by atoms with Crippen LogP contribution in [0.3, 0.4) is 0 Å². The highest BCUT2D eigenvalue weighted by Crippen LogP contribution is 2.23. The van der Waals surface area contributed by atoms with Gasteiger partial charge in [-0.3, -0.25) is 4.79 Å². The minimum Gasteiger partial charge on any atom is -0.481 e. The molecule has 1 atom stereocenters. The van der Waals surface area contributed by atoms with Gasteiger partial charge in [0.2, 0.25) is 0 Å². The summed E-state index contributed by atoms with van der Waals surface area (Å²) in [6.45, 7) is 10.3. The second kappa shape index (κ2) is 7.74. The number of thiazole rings is 1. The highest BCUT2D eigenvalue weighted by atomic mass is 32.1. The third-order valence-corrected chi connectivity index (χ3v) is 4.11. The molecule has 0 aliphatic rings. The number of carbonyl (C=O) groups is 1. The Morgan fingerprint density at radius 2 is 2.15 bits per heavy atom. The molecule has 0 bridgehead atoms. The zero-order valence-electron chi connectivity index (χ0n) is 12.9. The van der Waals surface area contributed by atoms with Crippen LogP contribution in [0.25, 0.3) is 0 Å². The van der Waals surface area contributed by atoms with E-state index in [9.17, 15) is 4.79 Å². The van der Waals surface area contributed by atoms with Crippen molar-refractivity contribution in [1.82, 2.24) is 10.3 Å². The minimum absolute atomic E-state index is 0.111. The maximum Gasteiger partial charge on any atom is 0.303 e. The Hall–Kier alpha value is -0.940. The zero-order chi connectivity index (χ0) is 15.2. The van der Waals surface area contributed by atoms with Gasteiger partial charge in [-0.05, 0) is 25.3 Å². The Morgan fingerprint density at radius 3 is 2.70 bits per heavy atom. The van der Waals surface area contributed by atoms with E-state index in [0.717, 1.165) is 36.6 Å². The smallest absolute Gasteiger partial charge is 0.303 e. The molecular formula is C15H26N2O2S. The van der Waals surface area contributed by atoms with Gasteiger partial charge in [-0.1, -0.05) is 27.7 Å². The molecular weight excluding hydrogens is 272 g/mol. The molecule has 1 rings (SSSR count). The first kappa shape index (κ1) is 17.1. The maximum absolute atomic E-state index is 10.5. The van der Waals surface area contributed by atoms with Gasteiger partial charge in [0.1, 0.15) is 5.01 Å². The van der Waals surface area contributed by atoms with Crippen LogP contribution in [0.2, 0.25) is 0 Å². The van der Waals surface area contributed by atoms with Gasteiger partial charge in [0.25, 0.3) is 0 Å². The average molecular weight is 298 g/mol. The van der Waals surface area contributed by atoms with Crippen molar-refractivity contribution in [3.8, 4) is 0 Å². The van der Waals surface area contributed by atoms with Crippen LogP contribution in [0.1, 0.15) is 57.7 Å². The fourth-order valence-electron chi connectivity index (χ4n) is 1.79. The molecule has 1 aromatic heterocycles. The molecule has 1 unspecified atom stereocenters. The fourth-order valence-corrected chi connectivity index (χ4v) is 2.78. The maximum atomic E-state index is 10.5. The van der Waals surface area contributed by atoms with Crippen LogP contribution in [0.15, 0.2) is 5.38 Å². The molecule has 4 nitrogen and oxygen atoms in total. The number of nitrogens with zero attached hydrogens (tertiary/aromatic N) is 1. The first-order chi connectivity index (χ1) is 9.29. The van der Waals surface area contributed by atoms with Gasteiger partial charge in [-0.25, -0.2) is 4.98 Å². The topological polar surface area (TPSA) is 62.2 Å². The summed E-state index contributed by atoms with van der Waals surface area (Å²) in [5.41, 5.74) is 1.26. The number of carboxylic acid groups (broad SMARTS) is 1. The van der Waals surface area contributed by atoms with Gasteiger partial charge in [-0.15, -0.1) is 11.3 Å². The van der Waals surface area contributed by atoms with E-state index < -0.39 is 5.97 Å². The third kappa shape index (κ3) is 6.48. The van der Waals surface area contributed by atoms with Crippen LogP contribution in [0.5, 0.6) is 0 Å². The van der Waals surface area contributed by atoms with Crippen LogP contribution in [0, 0.1) is 5.92 Å². The third-order valence-electron chi connectivity index (χ3n) is 3.26. The second-order valence-electron chi connectivity index (χ2n) is 6.38. The number of hydrogen-bond donors (Lipinski definition) is 2. The number of aromatic nitrogens is 1. The SMILES string of the molecule is CC(CCNCc1nc(C(C)(C)C)cs1)CCC(=O)O. The molecule has 5 heteroatoms. The molecule has 1 heterocycles. The Morgan fingerprint density at radius 1 is 1.45 bits per heavy atom. The number of rotatable bonds is 8. The molecule has 0 aromatic carbocycles. The molecule has 1 aromatic rings. The molecule has 0 aliphatic heterocycles. The Bertz CT molecular complexity index is 424. The molecule has 20 heavy (non-hydrogen) atoms. The lowest BCUT2D eigenvalue weighted by Crippen LogP contribution is -2.18. The van der Waals surface area contributed by atoms with Crippen molar-refractivity contribution in [2.45, 2.75) is 58.9 Å². The predicted octanol–water partition coefficient (Wildman–Crippen LogP) is 3.42. The van der Waals surface area contributed by atoms with Gasteiger partial charge in [0.15, 0.2) is 0 Å². The van der Waals surface area contributed by atoms with E-state index in [1.807, 2.05) is 0 Å². The Kier molecular flexibility index (Phi) is 6.62. The lowest BCUT2D eigenvalue weighted by atomic mass is 9.93. The first-order valence-corrected chi connectivity index (χ1v) is 8.04. The van der Waals surface area contributed by atoms with Crippen LogP contribution < -0.4 is 5.32 Å². The van der Waals surface area contributed by atoms with Crippen molar-refractivity contribution in [3.05, 3.63) is 16.1 Å². The molecule has 0 fully saturated rings. The van der Waals surface area contributed by atoms with Gasteiger partial charge < -0.3 is 10.4 Å². The van der Waals surface area contributed by atoms with Crippen LogP contribution in [0.4, 0.5) is 0 Å². The lowest BCUT2D eigenvalue weighted by Gasteiger charge is -2.14. The summed E-state index contributed by atoms with van der Waals surface area (Å²) in [5.74, 6) is -0.262. The fraction of sp³-hybridized carbons (Fsp3) is 0.733. The van der Waals surface area contributed by atoms with E-state index in [1.165, 1.54) is 0 Å². The molecule has 2 N–H and O–H groups in total. The summed E-state index contributed by atoms with van der Waals surface area (Å²) in [5, 5.41) is 15.3. The molecule has 0 saturated heterocycles. The van der Waals surface area contributed by atoms with Crippen molar-refractivity contribution >= 4 is 17.3 Å². The van der Waals surface area contributed by atoms with Gasteiger partial charge >= 0.3 is 5.97 Å². The predicted molar refractivity (Wildman–Crippen MR) is 83.2 cm³/mol. The number of aliphatic carboxylic acids is 1. The van der Waals surface area contributed by atoms with Crippen molar-refractivity contribution in [3.63, 3.8) is 0 Å². The second-order valence-corrected chi connectivity index (χ2v) is 7.32. The van der Waals surface area contributed by atoms with E-state index in [4.69, 9.17) is 5.11 Å². The largest absolute Gasteiger partial charge is 0.481 e. The Labute approximate surface area is 125 Å². The van der Waals surface area contributed by atoms with E-state index in [-0.39, 0.29) is 11.8 Å². The summed E-state index contributed by atoms with van der Waals surface area (Å²) in [4.78, 5) is 15.1. The quantitative estimate of drug-likeness (QED) is 0.722. The van der Waals surface area contributed by atoms with Gasteiger partial charge in [-0.2, -0.15) is 0 Å². The minimum atomic E-state index is -0.706. The zero-order valence-corrected chi connectivity index (χ0v) is 13.7. The van der Waals surface area contributed by atoms with Crippen molar-refractivity contribution in [1.29, 1.82) is 0 Å². The summed E-state index contributed by atoms with van der Waals surface area (Å²) < 4.78 is 0. The monoisotopic (exact) mass is 298 g/mol. The van der Waals surface area contributed by atoms with E-state index >= 15 is 0 Å². The van der Waals surface area contributed by atoms with Gasteiger partial charge in [0, 0.05) is 23.8 Å². The van der Waals surface area contributed by atoms with Gasteiger partial charge in [0.05, 0.1) is 5.69 Å². The van der Waals surface area contributed by atoms with Crippen LogP contribution in [-0.2, 0) is 16.8 Å². The highest BCUT2D eigenvalue weighted by Gasteiger charge is 2.17. The molecule has 0 amide bonds. The van der Waals surface area contributed by atoms with Crippen LogP contribution >= 0.6 is 11.3 Å². The summed E-state index contributed by atoms with van der Waals surface area (Å²) >= 11 is 1.70. The van der Waals surface area contributed by atoms with Crippen molar-refractivity contribution in [2.75, 3.05) is 6.54 Å². The summed E-state index contributed by atoms with van der Waals surface area (Å²) in [6.07, 6.45) is 2.02. The van der Waals surface area contributed by atoms with Crippen LogP contribution in [-0.4, -0.2) is 22.6 Å². The number of hydrogen-bond acceptors (Lipinski definition) is 4.